The second-order valence-corrected chi connectivity index (χ2v) is 9.76. The van der Waals surface area contributed by atoms with E-state index in [1.54, 1.807) is 6.07 Å². The highest BCUT2D eigenvalue weighted by atomic mass is 32.2. The van der Waals surface area contributed by atoms with Crippen LogP contribution in [-0.2, 0) is 21.1 Å². The number of nitrogens with zero attached hydrogens (tertiary/aromatic N) is 2. The maximum Gasteiger partial charge on any atom is 0.226 e. The molecule has 0 spiro atoms. The first-order chi connectivity index (χ1) is 14.7. The largest absolute Gasteiger partial charge is 0.441 e. The van der Waals surface area contributed by atoms with Gasteiger partial charge in [-0.15, -0.1) is 0 Å². The smallest absolute Gasteiger partial charge is 0.226 e. The van der Waals surface area contributed by atoms with Gasteiger partial charge in [-0.25, -0.2) is 27.2 Å². The van der Waals surface area contributed by atoms with Gasteiger partial charge in [-0.1, -0.05) is 11.3 Å². The number of hydrogen-bond donors (Lipinski definition) is 1. The van der Waals surface area contributed by atoms with Gasteiger partial charge in [0.2, 0.25) is 5.91 Å². The number of oxazole rings is 1. The Kier molecular flexibility index (Phi) is 5.54. The van der Waals surface area contributed by atoms with Crippen LogP contribution in [-0.4, -0.2) is 30.5 Å². The number of benzene rings is 2. The van der Waals surface area contributed by atoms with Crippen molar-refractivity contribution < 1.29 is 26.4 Å². The van der Waals surface area contributed by atoms with E-state index in [0.29, 0.717) is 15.3 Å². The summed E-state index contributed by atoms with van der Waals surface area (Å²) < 4.78 is 56.3. The van der Waals surface area contributed by atoms with Crippen LogP contribution in [0.2, 0.25) is 0 Å². The van der Waals surface area contributed by atoms with E-state index in [2.05, 4.69) is 15.3 Å². The maximum atomic E-state index is 13.8. The van der Waals surface area contributed by atoms with E-state index in [9.17, 15) is 22.0 Å². The van der Waals surface area contributed by atoms with Crippen LogP contribution in [0.3, 0.4) is 0 Å². The molecule has 0 aliphatic heterocycles. The highest BCUT2D eigenvalue weighted by Gasteiger charge is 2.15. The summed E-state index contributed by atoms with van der Waals surface area (Å²) in [6, 6.07) is 7.69. The monoisotopic (exact) mass is 463 g/mol. The minimum atomic E-state index is -3.34. The zero-order valence-electron chi connectivity index (χ0n) is 16.1. The van der Waals surface area contributed by atoms with Crippen molar-refractivity contribution in [1.82, 2.24) is 9.97 Å². The Balaban J connectivity index is 1.40. The van der Waals surface area contributed by atoms with Gasteiger partial charge < -0.3 is 9.73 Å². The summed E-state index contributed by atoms with van der Waals surface area (Å²) >= 11 is 1.16. The fourth-order valence-electron chi connectivity index (χ4n) is 2.83. The summed E-state index contributed by atoms with van der Waals surface area (Å²) in [5, 5.41) is 3.00. The van der Waals surface area contributed by atoms with Crippen molar-refractivity contribution in [3.05, 3.63) is 60.1 Å². The van der Waals surface area contributed by atoms with E-state index in [0.717, 1.165) is 29.7 Å². The lowest BCUT2D eigenvalue weighted by Gasteiger charge is -2.00. The summed E-state index contributed by atoms with van der Waals surface area (Å²) in [4.78, 5) is 20.7. The van der Waals surface area contributed by atoms with E-state index in [4.69, 9.17) is 4.42 Å². The molecule has 0 unspecified atom stereocenters. The molecule has 4 rings (SSSR count). The zero-order valence-corrected chi connectivity index (χ0v) is 17.7. The third-order valence-electron chi connectivity index (χ3n) is 4.35. The van der Waals surface area contributed by atoms with E-state index >= 15 is 0 Å². The third kappa shape index (κ3) is 4.78. The Hall–Kier alpha value is -3.18. The normalized spacial score (nSPS) is 11.7. The predicted molar refractivity (Wildman–Crippen MR) is 112 cm³/mol. The molecule has 0 aliphatic rings. The first-order valence-corrected chi connectivity index (χ1v) is 11.7. The number of amides is 1. The number of anilines is 1. The second-order valence-electron chi connectivity index (χ2n) is 6.71. The number of thiazole rings is 1. The molecule has 2 aromatic carbocycles. The molecule has 7 nitrogen and oxygen atoms in total. The van der Waals surface area contributed by atoms with Crippen molar-refractivity contribution in [1.29, 1.82) is 0 Å². The number of rotatable bonds is 6. The highest BCUT2D eigenvalue weighted by molar-refractivity contribution is 7.90. The molecule has 0 atom stereocenters. The van der Waals surface area contributed by atoms with Crippen LogP contribution in [0.25, 0.3) is 21.5 Å². The molecule has 2 aromatic heterocycles. The molecule has 4 aromatic rings. The summed E-state index contributed by atoms with van der Waals surface area (Å²) in [5.74, 6) is -1.43. The lowest BCUT2D eigenvalue weighted by molar-refractivity contribution is -0.116. The molecule has 0 fully saturated rings. The molecule has 31 heavy (non-hydrogen) atoms. The number of aromatic nitrogens is 2. The lowest BCUT2D eigenvalue weighted by Crippen LogP contribution is -2.12. The van der Waals surface area contributed by atoms with E-state index in [1.807, 2.05) is 0 Å². The van der Waals surface area contributed by atoms with Gasteiger partial charge in [-0.3, -0.25) is 4.79 Å². The molecule has 0 radical (unpaired) electrons. The van der Waals surface area contributed by atoms with Crippen LogP contribution in [0.5, 0.6) is 0 Å². The number of halogens is 2. The van der Waals surface area contributed by atoms with Crippen molar-refractivity contribution in [2.24, 2.45) is 0 Å². The number of carbonyl (C=O) groups is 1. The molecule has 11 heteroatoms. The van der Waals surface area contributed by atoms with Crippen LogP contribution in [0.4, 0.5) is 13.9 Å². The number of aryl methyl sites for hydroxylation is 1. The summed E-state index contributed by atoms with van der Waals surface area (Å²) in [6.45, 7) is 0. The van der Waals surface area contributed by atoms with E-state index in [1.165, 1.54) is 24.4 Å². The molecule has 0 saturated carbocycles. The van der Waals surface area contributed by atoms with Crippen molar-refractivity contribution in [3.63, 3.8) is 0 Å². The Morgan fingerprint density at radius 1 is 1.19 bits per heavy atom. The van der Waals surface area contributed by atoms with Crippen LogP contribution in [0.1, 0.15) is 12.3 Å². The van der Waals surface area contributed by atoms with Crippen LogP contribution < -0.4 is 5.32 Å². The van der Waals surface area contributed by atoms with E-state index in [-0.39, 0.29) is 40.9 Å². The minimum Gasteiger partial charge on any atom is -0.441 e. The Morgan fingerprint density at radius 2 is 2.00 bits per heavy atom. The lowest BCUT2D eigenvalue weighted by atomic mass is 10.2. The van der Waals surface area contributed by atoms with Gasteiger partial charge >= 0.3 is 0 Å². The summed E-state index contributed by atoms with van der Waals surface area (Å²) in [5.41, 5.74) is 0.652. The quantitative estimate of drug-likeness (QED) is 0.460. The second kappa shape index (κ2) is 8.16. The molecule has 0 bridgehead atoms. The minimum absolute atomic E-state index is 0.0381. The zero-order chi connectivity index (χ0) is 22.2. The van der Waals surface area contributed by atoms with Gasteiger partial charge in [-0.05, 0) is 30.3 Å². The van der Waals surface area contributed by atoms with Crippen LogP contribution in [0, 0.1) is 11.6 Å². The highest BCUT2D eigenvalue weighted by Crippen LogP contribution is 2.28. The Morgan fingerprint density at radius 3 is 2.74 bits per heavy atom. The molecular formula is C20H15F2N3O4S2. The van der Waals surface area contributed by atoms with Crippen LogP contribution in [0.15, 0.2) is 51.9 Å². The molecule has 1 N–H and O–H groups in total. The average molecular weight is 463 g/mol. The van der Waals surface area contributed by atoms with Crippen molar-refractivity contribution in [2.75, 3.05) is 11.6 Å². The molecule has 0 aliphatic carbocycles. The molecule has 0 saturated heterocycles. The number of hydrogen-bond acceptors (Lipinski definition) is 7. The standard InChI is InChI=1S/C20H15F2N3O4S2/c1-31(27,28)12-3-5-15-17(9-12)30-20(24-15)25-18(26)6-7-19-23-10-16(29-19)13-4-2-11(21)8-14(13)22/h2-5,8-10H,6-7H2,1H3,(H,24,25,26). The average Bonchev–Trinajstić information content (AvgIpc) is 3.31. The fraction of sp³-hybridized carbons (Fsp3) is 0.150. The first-order valence-electron chi connectivity index (χ1n) is 9.00. The van der Waals surface area contributed by atoms with Crippen molar-refractivity contribution in [3.8, 4) is 11.3 Å². The van der Waals surface area contributed by atoms with Crippen LogP contribution >= 0.6 is 11.3 Å². The first kappa shape index (κ1) is 21.1. The number of nitrogens with one attached hydrogen (secondary N) is 1. The SMILES string of the molecule is CS(=O)(=O)c1ccc2nc(NC(=O)CCc3ncc(-c4ccc(F)cc4F)o3)sc2c1. The summed E-state index contributed by atoms with van der Waals surface area (Å²) in [7, 11) is -3.34. The van der Waals surface area contributed by atoms with Gasteiger partial charge in [0, 0.05) is 25.2 Å². The fourth-order valence-corrected chi connectivity index (χ4v) is 4.47. The van der Waals surface area contributed by atoms with Gasteiger partial charge in [0.1, 0.15) is 11.6 Å². The molecule has 1 amide bonds. The van der Waals surface area contributed by atoms with Crippen molar-refractivity contribution >= 4 is 42.4 Å². The van der Waals surface area contributed by atoms with Crippen molar-refractivity contribution in [2.45, 2.75) is 17.7 Å². The van der Waals surface area contributed by atoms with Gasteiger partial charge in [0.25, 0.3) is 0 Å². The third-order valence-corrected chi connectivity index (χ3v) is 6.39. The maximum absolute atomic E-state index is 13.8. The topological polar surface area (TPSA) is 102 Å². The van der Waals surface area contributed by atoms with Gasteiger partial charge in [0.15, 0.2) is 26.6 Å². The number of sulfone groups is 1. The Bertz CT molecular complexity index is 1400. The van der Waals surface area contributed by atoms with E-state index < -0.39 is 21.5 Å². The predicted octanol–water partition coefficient (Wildman–Crippen LogP) is 4.20. The van der Waals surface area contributed by atoms with Gasteiger partial charge in [-0.2, -0.15) is 0 Å². The Labute approximate surface area is 179 Å². The van der Waals surface area contributed by atoms with Gasteiger partial charge in [0.05, 0.1) is 26.9 Å². The summed E-state index contributed by atoms with van der Waals surface area (Å²) in [6.07, 6.45) is 2.64. The number of fused-ring (bicyclic) bond motifs is 1. The molecule has 2 heterocycles. The number of carbonyl (C=O) groups excluding carboxylic acids is 1. The molecule has 160 valence electrons. The molecular weight excluding hydrogens is 448 g/mol.